The lowest BCUT2D eigenvalue weighted by Gasteiger charge is -2.06. The number of aromatic nitrogens is 1. The van der Waals surface area contributed by atoms with Crippen molar-refractivity contribution >= 4 is 17.8 Å². The lowest BCUT2D eigenvalue weighted by molar-refractivity contribution is -0.119. The zero-order valence-electron chi connectivity index (χ0n) is 15.7. The van der Waals surface area contributed by atoms with Crippen molar-refractivity contribution in [2.75, 3.05) is 19.0 Å². The Labute approximate surface area is 164 Å². The van der Waals surface area contributed by atoms with Crippen molar-refractivity contribution in [2.45, 2.75) is 19.4 Å². The van der Waals surface area contributed by atoms with E-state index in [2.05, 4.69) is 26.4 Å². The number of pyridine rings is 1. The third kappa shape index (κ3) is 9.91. The summed E-state index contributed by atoms with van der Waals surface area (Å²) in [6.07, 6.45) is 5.27. The molecule has 8 heteroatoms. The van der Waals surface area contributed by atoms with E-state index in [0.29, 0.717) is 24.4 Å². The predicted molar refractivity (Wildman–Crippen MR) is 106 cm³/mol. The summed E-state index contributed by atoms with van der Waals surface area (Å²) < 4.78 is 4.80. The molecule has 0 radical (unpaired) electrons. The van der Waals surface area contributed by atoms with Crippen molar-refractivity contribution in [1.29, 1.82) is 0 Å². The van der Waals surface area contributed by atoms with Gasteiger partial charge in [0.1, 0.15) is 19.0 Å². The van der Waals surface area contributed by atoms with Crippen molar-refractivity contribution in [3.05, 3.63) is 59.8 Å². The van der Waals surface area contributed by atoms with E-state index >= 15 is 0 Å². The summed E-state index contributed by atoms with van der Waals surface area (Å²) >= 11 is 0. The van der Waals surface area contributed by atoms with Crippen LogP contribution in [0.15, 0.2) is 48.5 Å². The van der Waals surface area contributed by atoms with Crippen molar-refractivity contribution in [2.24, 2.45) is 5.90 Å². The first-order chi connectivity index (χ1) is 13.6. The minimum absolute atomic E-state index is 0.0520. The lowest BCUT2D eigenvalue weighted by atomic mass is 10.1. The summed E-state index contributed by atoms with van der Waals surface area (Å²) in [5.41, 5.74) is 1.65. The van der Waals surface area contributed by atoms with E-state index in [-0.39, 0.29) is 19.1 Å². The van der Waals surface area contributed by atoms with E-state index in [4.69, 9.17) is 17.1 Å². The van der Waals surface area contributed by atoms with Crippen molar-refractivity contribution in [3.63, 3.8) is 0 Å². The monoisotopic (exact) mass is 384 g/mol. The summed E-state index contributed by atoms with van der Waals surface area (Å²) in [5.74, 6) is 7.70. The van der Waals surface area contributed by atoms with Crippen molar-refractivity contribution in [3.8, 4) is 12.3 Å². The molecule has 0 aliphatic carbocycles. The minimum atomic E-state index is -0.599. The molecule has 2 aromatic rings. The van der Waals surface area contributed by atoms with Gasteiger partial charge in [-0.05, 0) is 17.7 Å². The molecule has 0 aliphatic heterocycles. The Bertz CT molecular complexity index is 775. The van der Waals surface area contributed by atoms with Crippen LogP contribution in [0.5, 0.6) is 0 Å². The largest absolute Gasteiger partial charge is 0.448 e. The van der Waals surface area contributed by atoms with Gasteiger partial charge in [-0.3, -0.25) is 14.9 Å². The molecule has 0 saturated carbocycles. The smallest absolute Gasteiger partial charge is 0.412 e. The molecule has 2 amide bonds. The standard InChI is InChI=1S/C11H13N3O3.C9H11NO/c1-2-3-7-16-11(15)14-10-6-4-5-9(13-10)8-17-12;1-10-9(11)7-8-5-3-2-4-6-8/h1,4-6H,3,7-8,12H2,(H,13,14,15);2-6H,7H2,1H3,(H,10,11). The van der Waals surface area contributed by atoms with Gasteiger partial charge in [0.2, 0.25) is 5.91 Å². The fourth-order valence-corrected chi connectivity index (χ4v) is 1.93. The van der Waals surface area contributed by atoms with E-state index in [1.165, 1.54) is 0 Å². The highest BCUT2D eigenvalue weighted by molar-refractivity contribution is 5.83. The number of amides is 2. The second-order valence-electron chi connectivity index (χ2n) is 5.38. The number of carbonyl (C=O) groups is 2. The molecule has 0 atom stereocenters. The highest BCUT2D eigenvalue weighted by Crippen LogP contribution is 2.06. The maximum absolute atomic E-state index is 11.3. The molecule has 0 bridgehead atoms. The Balaban J connectivity index is 0.000000307. The van der Waals surface area contributed by atoms with Crippen molar-refractivity contribution < 1.29 is 19.2 Å². The Morgan fingerprint density at radius 3 is 2.57 bits per heavy atom. The van der Waals surface area contributed by atoms with Gasteiger partial charge < -0.3 is 10.1 Å². The van der Waals surface area contributed by atoms with E-state index in [1.54, 1.807) is 25.2 Å². The molecular weight excluding hydrogens is 360 g/mol. The maximum Gasteiger partial charge on any atom is 0.412 e. The molecule has 2 rings (SSSR count). The van der Waals surface area contributed by atoms with Crippen LogP contribution >= 0.6 is 0 Å². The lowest BCUT2D eigenvalue weighted by Crippen LogP contribution is -2.19. The number of hydrogen-bond acceptors (Lipinski definition) is 6. The van der Waals surface area contributed by atoms with E-state index in [1.807, 2.05) is 30.3 Å². The molecule has 4 N–H and O–H groups in total. The van der Waals surface area contributed by atoms with Gasteiger partial charge in [0.15, 0.2) is 0 Å². The van der Waals surface area contributed by atoms with Crippen molar-refractivity contribution in [1.82, 2.24) is 10.3 Å². The van der Waals surface area contributed by atoms with Crippen LogP contribution in [0, 0.1) is 12.3 Å². The van der Waals surface area contributed by atoms with Gasteiger partial charge in [-0.15, -0.1) is 12.3 Å². The molecule has 0 saturated heterocycles. The first kappa shape index (κ1) is 22.6. The number of nitrogens with two attached hydrogens (primary N) is 1. The van der Waals surface area contributed by atoms with Gasteiger partial charge in [0, 0.05) is 13.5 Å². The van der Waals surface area contributed by atoms with Gasteiger partial charge in [-0.2, -0.15) is 0 Å². The third-order valence-corrected chi connectivity index (χ3v) is 3.23. The Hall–Kier alpha value is -3.41. The zero-order valence-corrected chi connectivity index (χ0v) is 15.7. The average Bonchev–Trinajstić information content (AvgIpc) is 2.70. The summed E-state index contributed by atoms with van der Waals surface area (Å²) in [6.45, 7) is 0.343. The fraction of sp³-hybridized carbons (Fsp3) is 0.250. The molecule has 1 aromatic heterocycles. The molecule has 0 spiro atoms. The number of nitrogens with zero attached hydrogens (tertiary/aromatic N) is 1. The Morgan fingerprint density at radius 2 is 1.93 bits per heavy atom. The maximum atomic E-state index is 11.3. The number of ether oxygens (including phenoxy) is 1. The van der Waals surface area contributed by atoms with Gasteiger partial charge in [-0.1, -0.05) is 36.4 Å². The molecule has 28 heavy (non-hydrogen) atoms. The number of anilines is 1. The zero-order chi connectivity index (χ0) is 20.6. The van der Waals surface area contributed by atoms with Gasteiger partial charge in [0.05, 0.1) is 12.1 Å². The fourth-order valence-electron chi connectivity index (χ4n) is 1.93. The van der Waals surface area contributed by atoms with Crippen LogP contribution in [0.2, 0.25) is 0 Å². The van der Waals surface area contributed by atoms with Crippen LogP contribution in [0.4, 0.5) is 10.6 Å². The SMILES string of the molecule is C#CCCOC(=O)Nc1cccc(CON)n1.CNC(=O)Cc1ccccc1. The topological polar surface area (TPSA) is 116 Å². The summed E-state index contributed by atoms with van der Waals surface area (Å²) in [6, 6.07) is 14.7. The Kier molecular flexibility index (Phi) is 11.1. The highest BCUT2D eigenvalue weighted by atomic mass is 16.6. The Morgan fingerprint density at radius 1 is 1.18 bits per heavy atom. The van der Waals surface area contributed by atoms with Gasteiger partial charge in [0.25, 0.3) is 0 Å². The molecule has 1 aromatic carbocycles. The summed E-state index contributed by atoms with van der Waals surface area (Å²) in [5, 5.41) is 5.04. The normalized spacial score (nSPS) is 9.32. The number of carbonyl (C=O) groups excluding carboxylic acids is 2. The summed E-state index contributed by atoms with van der Waals surface area (Å²) in [4.78, 5) is 30.6. The van der Waals surface area contributed by atoms with Crippen LogP contribution in [-0.4, -0.2) is 30.6 Å². The molecule has 148 valence electrons. The van der Waals surface area contributed by atoms with E-state index in [9.17, 15) is 9.59 Å². The minimum Gasteiger partial charge on any atom is -0.448 e. The number of rotatable bonds is 7. The van der Waals surface area contributed by atoms with Crippen LogP contribution < -0.4 is 16.5 Å². The first-order valence-electron chi connectivity index (χ1n) is 8.48. The van der Waals surface area contributed by atoms with Crippen LogP contribution in [0.1, 0.15) is 17.7 Å². The van der Waals surface area contributed by atoms with Gasteiger partial charge >= 0.3 is 6.09 Å². The van der Waals surface area contributed by atoms with E-state index < -0.39 is 6.09 Å². The van der Waals surface area contributed by atoms with Crippen LogP contribution in [-0.2, 0) is 27.4 Å². The number of benzene rings is 1. The highest BCUT2D eigenvalue weighted by Gasteiger charge is 2.04. The third-order valence-electron chi connectivity index (χ3n) is 3.23. The van der Waals surface area contributed by atoms with Gasteiger partial charge in [-0.25, -0.2) is 15.7 Å². The molecule has 0 unspecified atom stereocenters. The molecular formula is C20H24N4O4. The van der Waals surface area contributed by atoms with E-state index in [0.717, 1.165) is 5.56 Å². The number of hydrogen-bond donors (Lipinski definition) is 3. The molecule has 0 aliphatic rings. The molecule has 8 nitrogen and oxygen atoms in total. The predicted octanol–water partition coefficient (Wildman–Crippen LogP) is 2.02. The number of nitrogens with one attached hydrogen (secondary N) is 2. The summed E-state index contributed by atoms with van der Waals surface area (Å²) in [7, 11) is 1.64. The number of likely N-dealkylation sites (N-methyl/N-ethyl adjacent to an activating group) is 1. The number of terminal acetylenes is 1. The second-order valence-corrected chi connectivity index (χ2v) is 5.38. The molecule has 1 heterocycles. The first-order valence-corrected chi connectivity index (χ1v) is 8.48. The average molecular weight is 384 g/mol. The molecule has 0 fully saturated rings. The van der Waals surface area contributed by atoms with Crippen LogP contribution in [0.25, 0.3) is 0 Å². The second kappa shape index (κ2) is 13.7. The quantitative estimate of drug-likeness (QED) is 0.382. The van der Waals surface area contributed by atoms with Crippen LogP contribution in [0.3, 0.4) is 0 Å².